The third-order valence-corrected chi connectivity index (χ3v) is 3.45. The summed E-state index contributed by atoms with van der Waals surface area (Å²) >= 11 is 0. The van der Waals surface area contributed by atoms with Crippen LogP contribution in [0.25, 0.3) is 0 Å². The summed E-state index contributed by atoms with van der Waals surface area (Å²) < 4.78 is 0. The van der Waals surface area contributed by atoms with Crippen LogP contribution in [0, 0.1) is 0 Å². The van der Waals surface area contributed by atoms with Crippen LogP contribution in [0.1, 0.15) is 50.8 Å². The standard InChI is InChI=1S/C18H26N4/c1-4-8-17(16-9-6-5-7-10-16)19-11-15-12-20-18(21-13-15)22-14(2)3/h5-7,9-10,12-14,17,19H,4,8,11H2,1-3H3,(H,20,21,22)/t17-/m0/s1. The lowest BCUT2D eigenvalue weighted by atomic mass is 10.0. The molecule has 1 heterocycles. The molecule has 0 aliphatic heterocycles. The van der Waals surface area contributed by atoms with Gasteiger partial charge in [-0.25, -0.2) is 9.97 Å². The van der Waals surface area contributed by atoms with E-state index in [1.165, 1.54) is 5.56 Å². The fourth-order valence-electron chi connectivity index (χ4n) is 2.38. The van der Waals surface area contributed by atoms with Crippen molar-refractivity contribution in [3.63, 3.8) is 0 Å². The third kappa shape index (κ3) is 5.11. The van der Waals surface area contributed by atoms with Gasteiger partial charge in [-0.1, -0.05) is 43.7 Å². The highest BCUT2D eigenvalue weighted by atomic mass is 15.1. The van der Waals surface area contributed by atoms with Crippen molar-refractivity contribution in [2.75, 3.05) is 5.32 Å². The number of aromatic nitrogens is 2. The van der Waals surface area contributed by atoms with Crippen molar-refractivity contribution in [1.29, 1.82) is 0 Å². The van der Waals surface area contributed by atoms with Crippen molar-refractivity contribution >= 4 is 5.95 Å². The molecular formula is C18H26N4. The molecule has 0 saturated heterocycles. The van der Waals surface area contributed by atoms with Gasteiger partial charge in [0.1, 0.15) is 0 Å². The van der Waals surface area contributed by atoms with Crippen molar-refractivity contribution in [2.45, 2.75) is 52.2 Å². The molecule has 0 radical (unpaired) electrons. The Morgan fingerprint density at radius 2 is 1.73 bits per heavy atom. The second-order valence-corrected chi connectivity index (χ2v) is 5.85. The van der Waals surface area contributed by atoms with Crippen LogP contribution in [0.2, 0.25) is 0 Å². The van der Waals surface area contributed by atoms with Gasteiger partial charge in [0.15, 0.2) is 0 Å². The quantitative estimate of drug-likeness (QED) is 0.775. The van der Waals surface area contributed by atoms with Crippen LogP contribution in [0.4, 0.5) is 5.95 Å². The highest BCUT2D eigenvalue weighted by Gasteiger charge is 2.09. The zero-order valence-electron chi connectivity index (χ0n) is 13.7. The predicted octanol–water partition coefficient (Wildman–Crippen LogP) is 3.93. The summed E-state index contributed by atoms with van der Waals surface area (Å²) in [5.74, 6) is 0.687. The van der Waals surface area contributed by atoms with E-state index in [0.29, 0.717) is 18.0 Å². The van der Waals surface area contributed by atoms with E-state index in [2.05, 4.69) is 71.7 Å². The summed E-state index contributed by atoms with van der Waals surface area (Å²) in [6, 6.07) is 11.3. The van der Waals surface area contributed by atoms with Gasteiger partial charge in [-0.15, -0.1) is 0 Å². The van der Waals surface area contributed by atoms with Crippen LogP contribution < -0.4 is 10.6 Å². The molecule has 118 valence electrons. The first-order valence-electron chi connectivity index (χ1n) is 8.04. The van der Waals surface area contributed by atoms with Gasteiger partial charge in [0, 0.05) is 36.6 Å². The largest absolute Gasteiger partial charge is 0.352 e. The van der Waals surface area contributed by atoms with E-state index in [9.17, 15) is 0 Å². The van der Waals surface area contributed by atoms with Gasteiger partial charge in [-0.3, -0.25) is 0 Å². The Labute approximate surface area is 133 Å². The second-order valence-electron chi connectivity index (χ2n) is 5.85. The summed E-state index contributed by atoms with van der Waals surface area (Å²) in [5, 5.41) is 6.81. The van der Waals surface area contributed by atoms with Crippen molar-refractivity contribution in [3.8, 4) is 0 Å². The molecule has 0 unspecified atom stereocenters. The van der Waals surface area contributed by atoms with E-state index in [0.717, 1.165) is 24.9 Å². The van der Waals surface area contributed by atoms with Crippen LogP contribution >= 0.6 is 0 Å². The molecule has 0 spiro atoms. The summed E-state index contributed by atoms with van der Waals surface area (Å²) in [4.78, 5) is 8.71. The Morgan fingerprint density at radius 1 is 1.05 bits per heavy atom. The van der Waals surface area contributed by atoms with Crippen molar-refractivity contribution in [2.24, 2.45) is 0 Å². The van der Waals surface area contributed by atoms with E-state index in [-0.39, 0.29) is 0 Å². The van der Waals surface area contributed by atoms with Crippen molar-refractivity contribution in [1.82, 2.24) is 15.3 Å². The van der Waals surface area contributed by atoms with Gasteiger partial charge in [0.2, 0.25) is 5.95 Å². The number of benzene rings is 1. The average molecular weight is 298 g/mol. The van der Waals surface area contributed by atoms with E-state index in [1.807, 2.05) is 12.4 Å². The highest BCUT2D eigenvalue weighted by molar-refractivity contribution is 5.26. The maximum Gasteiger partial charge on any atom is 0.222 e. The van der Waals surface area contributed by atoms with E-state index < -0.39 is 0 Å². The first-order valence-corrected chi connectivity index (χ1v) is 8.04. The number of anilines is 1. The maximum atomic E-state index is 4.35. The molecule has 0 aliphatic rings. The smallest absolute Gasteiger partial charge is 0.222 e. The second kappa shape index (κ2) is 8.49. The molecule has 1 atom stereocenters. The highest BCUT2D eigenvalue weighted by Crippen LogP contribution is 2.18. The summed E-state index contributed by atoms with van der Waals surface area (Å²) in [6.07, 6.45) is 6.05. The average Bonchev–Trinajstić information content (AvgIpc) is 2.53. The maximum absolute atomic E-state index is 4.35. The van der Waals surface area contributed by atoms with E-state index in [4.69, 9.17) is 0 Å². The summed E-state index contributed by atoms with van der Waals surface area (Å²) in [5.41, 5.74) is 2.44. The molecule has 22 heavy (non-hydrogen) atoms. The number of hydrogen-bond donors (Lipinski definition) is 2. The zero-order chi connectivity index (χ0) is 15.8. The monoisotopic (exact) mass is 298 g/mol. The lowest BCUT2D eigenvalue weighted by Crippen LogP contribution is -2.21. The van der Waals surface area contributed by atoms with Crippen LogP contribution in [-0.4, -0.2) is 16.0 Å². The Morgan fingerprint density at radius 3 is 2.32 bits per heavy atom. The molecule has 2 rings (SSSR count). The number of hydrogen-bond acceptors (Lipinski definition) is 4. The summed E-state index contributed by atoms with van der Waals surface area (Å²) in [6.45, 7) is 7.15. The van der Waals surface area contributed by atoms with Gasteiger partial charge in [0.25, 0.3) is 0 Å². The molecule has 4 heteroatoms. The lowest BCUT2D eigenvalue weighted by Gasteiger charge is -2.18. The van der Waals surface area contributed by atoms with Gasteiger partial charge in [0.05, 0.1) is 0 Å². The Balaban J connectivity index is 1.94. The van der Waals surface area contributed by atoms with Crippen LogP contribution in [0.3, 0.4) is 0 Å². The summed E-state index contributed by atoms with van der Waals surface area (Å²) in [7, 11) is 0. The van der Waals surface area contributed by atoms with Gasteiger partial charge >= 0.3 is 0 Å². The first-order chi connectivity index (χ1) is 10.7. The van der Waals surface area contributed by atoms with Crippen LogP contribution in [0.5, 0.6) is 0 Å². The molecule has 0 aliphatic carbocycles. The molecule has 0 amide bonds. The third-order valence-electron chi connectivity index (χ3n) is 3.45. The zero-order valence-corrected chi connectivity index (χ0v) is 13.7. The molecule has 2 aromatic rings. The number of nitrogens with zero attached hydrogens (tertiary/aromatic N) is 2. The Bertz CT molecular complexity index is 537. The molecular weight excluding hydrogens is 272 g/mol. The van der Waals surface area contributed by atoms with E-state index >= 15 is 0 Å². The molecule has 1 aromatic carbocycles. The molecule has 1 aromatic heterocycles. The van der Waals surface area contributed by atoms with Gasteiger partial charge in [-0.2, -0.15) is 0 Å². The lowest BCUT2D eigenvalue weighted by molar-refractivity contribution is 0.492. The fraction of sp³-hybridized carbons (Fsp3) is 0.444. The first kappa shape index (κ1) is 16.4. The fourth-order valence-corrected chi connectivity index (χ4v) is 2.38. The van der Waals surface area contributed by atoms with Crippen molar-refractivity contribution in [3.05, 3.63) is 53.9 Å². The molecule has 0 bridgehead atoms. The number of rotatable bonds is 8. The minimum absolute atomic E-state index is 0.344. The van der Waals surface area contributed by atoms with Gasteiger partial charge < -0.3 is 10.6 Å². The molecule has 4 nitrogen and oxygen atoms in total. The Kier molecular flexibility index (Phi) is 6.34. The Hall–Kier alpha value is -1.94. The van der Waals surface area contributed by atoms with Gasteiger partial charge in [-0.05, 0) is 25.8 Å². The van der Waals surface area contributed by atoms with Crippen LogP contribution in [-0.2, 0) is 6.54 Å². The number of nitrogens with one attached hydrogen (secondary N) is 2. The van der Waals surface area contributed by atoms with Crippen molar-refractivity contribution < 1.29 is 0 Å². The predicted molar refractivity (Wildman–Crippen MR) is 91.7 cm³/mol. The SMILES string of the molecule is CCC[C@H](NCc1cnc(NC(C)C)nc1)c1ccccc1. The molecule has 0 fully saturated rings. The van der Waals surface area contributed by atoms with Crippen LogP contribution in [0.15, 0.2) is 42.7 Å². The van der Waals surface area contributed by atoms with E-state index in [1.54, 1.807) is 0 Å². The minimum Gasteiger partial charge on any atom is -0.352 e. The normalized spacial score (nSPS) is 12.4. The minimum atomic E-state index is 0.344. The molecule has 0 saturated carbocycles. The molecule has 2 N–H and O–H groups in total. The topological polar surface area (TPSA) is 49.8 Å².